The maximum absolute atomic E-state index is 4.42. The van der Waals surface area contributed by atoms with Crippen molar-refractivity contribution >= 4 is 22.4 Å². The standard InChI is InChI=1S/C19H17N5/c1-13-3-2-4-15(9-13)24-19-16-10-14(11-18-20-7-8-21-18)5-6-17(16)22-12-23-19/h2-10,12H,11H2,1H3,(H,20,21)(H,22,23,24). The number of rotatable bonds is 4. The van der Waals surface area contributed by atoms with Gasteiger partial charge in [0.2, 0.25) is 0 Å². The molecule has 0 amide bonds. The Labute approximate surface area is 139 Å². The smallest absolute Gasteiger partial charge is 0.141 e. The molecule has 4 rings (SSSR count). The molecule has 5 nitrogen and oxygen atoms in total. The van der Waals surface area contributed by atoms with Gasteiger partial charge in [0.25, 0.3) is 0 Å². The highest BCUT2D eigenvalue weighted by molar-refractivity contribution is 5.91. The fraction of sp³-hybridized carbons (Fsp3) is 0.105. The minimum atomic E-state index is 0.752. The van der Waals surface area contributed by atoms with Crippen LogP contribution in [0.4, 0.5) is 11.5 Å². The quantitative estimate of drug-likeness (QED) is 0.597. The fourth-order valence-electron chi connectivity index (χ4n) is 2.76. The zero-order valence-corrected chi connectivity index (χ0v) is 13.3. The van der Waals surface area contributed by atoms with E-state index in [4.69, 9.17) is 0 Å². The minimum Gasteiger partial charge on any atom is -0.348 e. The summed E-state index contributed by atoms with van der Waals surface area (Å²) >= 11 is 0. The lowest BCUT2D eigenvalue weighted by Crippen LogP contribution is -1.97. The first-order valence-corrected chi connectivity index (χ1v) is 7.83. The number of benzene rings is 2. The molecule has 0 aliphatic heterocycles. The lowest BCUT2D eigenvalue weighted by molar-refractivity contribution is 1.03. The Bertz CT molecular complexity index is 976. The molecule has 0 spiro atoms. The van der Waals surface area contributed by atoms with Crippen LogP contribution in [0, 0.1) is 6.92 Å². The van der Waals surface area contributed by atoms with E-state index in [1.165, 1.54) is 11.1 Å². The van der Waals surface area contributed by atoms with E-state index in [9.17, 15) is 0 Å². The number of nitrogens with zero attached hydrogens (tertiary/aromatic N) is 3. The van der Waals surface area contributed by atoms with Gasteiger partial charge < -0.3 is 10.3 Å². The highest BCUT2D eigenvalue weighted by Gasteiger charge is 2.07. The molecule has 5 heteroatoms. The van der Waals surface area contributed by atoms with Gasteiger partial charge in [0.05, 0.1) is 5.52 Å². The zero-order chi connectivity index (χ0) is 16.4. The van der Waals surface area contributed by atoms with Crippen LogP contribution < -0.4 is 5.32 Å². The Morgan fingerprint density at radius 2 is 2.00 bits per heavy atom. The molecule has 0 saturated carbocycles. The number of H-pyrrole nitrogens is 1. The Balaban J connectivity index is 1.72. The first-order chi connectivity index (χ1) is 11.8. The maximum Gasteiger partial charge on any atom is 0.141 e. The van der Waals surface area contributed by atoms with Crippen molar-refractivity contribution < 1.29 is 0 Å². The van der Waals surface area contributed by atoms with Gasteiger partial charge in [-0.25, -0.2) is 15.0 Å². The molecule has 0 fully saturated rings. The van der Waals surface area contributed by atoms with Crippen molar-refractivity contribution in [1.29, 1.82) is 0 Å². The van der Waals surface area contributed by atoms with E-state index >= 15 is 0 Å². The molecule has 118 valence electrons. The largest absolute Gasteiger partial charge is 0.348 e. The van der Waals surface area contributed by atoms with E-state index in [-0.39, 0.29) is 0 Å². The van der Waals surface area contributed by atoms with E-state index in [1.54, 1.807) is 12.5 Å². The lowest BCUT2D eigenvalue weighted by Gasteiger charge is -2.10. The summed E-state index contributed by atoms with van der Waals surface area (Å²) in [6, 6.07) is 14.5. The number of aromatic nitrogens is 4. The molecule has 24 heavy (non-hydrogen) atoms. The summed E-state index contributed by atoms with van der Waals surface area (Å²) < 4.78 is 0. The molecule has 0 unspecified atom stereocenters. The number of hydrogen-bond donors (Lipinski definition) is 2. The molecule has 4 aromatic rings. The first-order valence-electron chi connectivity index (χ1n) is 7.83. The third-order valence-electron chi connectivity index (χ3n) is 3.91. The Morgan fingerprint density at radius 3 is 2.83 bits per heavy atom. The molecule has 0 radical (unpaired) electrons. The molecule has 2 N–H and O–H groups in total. The van der Waals surface area contributed by atoms with Gasteiger partial charge in [-0.1, -0.05) is 18.2 Å². The third kappa shape index (κ3) is 2.96. The molecule has 2 aromatic carbocycles. The van der Waals surface area contributed by atoms with E-state index in [0.717, 1.165) is 34.7 Å². The molecule has 0 saturated heterocycles. The van der Waals surface area contributed by atoms with Gasteiger partial charge >= 0.3 is 0 Å². The normalized spacial score (nSPS) is 10.9. The van der Waals surface area contributed by atoms with E-state index in [1.807, 2.05) is 24.4 Å². The summed E-state index contributed by atoms with van der Waals surface area (Å²) in [5.41, 5.74) is 4.31. The predicted molar refractivity (Wildman–Crippen MR) is 95.4 cm³/mol. The summed E-state index contributed by atoms with van der Waals surface area (Å²) in [5, 5.41) is 4.40. The van der Waals surface area contributed by atoms with Gasteiger partial charge in [0.15, 0.2) is 0 Å². The van der Waals surface area contributed by atoms with Crippen LogP contribution in [-0.2, 0) is 6.42 Å². The second-order valence-corrected chi connectivity index (χ2v) is 5.78. The summed E-state index contributed by atoms with van der Waals surface area (Å²) in [5.74, 6) is 1.76. The van der Waals surface area contributed by atoms with Crippen molar-refractivity contribution in [3.05, 3.63) is 78.1 Å². The van der Waals surface area contributed by atoms with Gasteiger partial charge in [0, 0.05) is 29.9 Å². The molecular formula is C19H17N5. The summed E-state index contributed by atoms with van der Waals surface area (Å²) in [6.45, 7) is 2.07. The highest BCUT2D eigenvalue weighted by Crippen LogP contribution is 2.25. The molecular weight excluding hydrogens is 298 g/mol. The Morgan fingerprint density at radius 1 is 1.04 bits per heavy atom. The van der Waals surface area contributed by atoms with Gasteiger partial charge in [-0.3, -0.25) is 0 Å². The summed E-state index contributed by atoms with van der Waals surface area (Å²) in [6.07, 6.45) is 5.95. The van der Waals surface area contributed by atoms with E-state index in [2.05, 4.69) is 56.4 Å². The second-order valence-electron chi connectivity index (χ2n) is 5.78. The number of imidazole rings is 1. The molecule has 2 aromatic heterocycles. The maximum atomic E-state index is 4.42. The van der Waals surface area contributed by atoms with E-state index in [0.29, 0.717) is 0 Å². The van der Waals surface area contributed by atoms with Crippen molar-refractivity contribution in [2.75, 3.05) is 5.32 Å². The minimum absolute atomic E-state index is 0.752. The van der Waals surface area contributed by atoms with Crippen LogP contribution in [0.25, 0.3) is 10.9 Å². The highest BCUT2D eigenvalue weighted by atomic mass is 15.0. The first kappa shape index (κ1) is 14.4. The monoisotopic (exact) mass is 315 g/mol. The lowest BCUT2D eigenvalue weighted by atomic mass is 10.1. The Hall–Kier alpha value is -3.21. The summed E-state index contributed by atoms with van der Waals surface area (Å²) in [4.78, 5) is 16.2. The average Bonchev–Trinajstić information content (AvgIpc) is 3.08. The van der Waals surface area contributed by atoms with Gasteiger partial charge in [-0.15, -0.1) is 0 Å². The SMILES string of the molecule is Cc1cccc(Nc2ncnc3ccc(Cc4ncc[nH]4)cc23)c1. The van der Waals surface area contributed by atoms with E-state index < -0.39 is 0 Å². The number of anilines is 2. The van der Waals surface area contributed by atoms with Crippen LogP contribution in [0.15, 0.2) is 61.2 Å². The molecule has 0 aliphatic rings. The van der Waals surface area contributed by atoms with Crippen LogP contribution >= 0.6 is 0 Å². The topological polar surface area (TPSA) is 66.5 Å². The number of aromatic amines is 1. The zero-order valence-electron chi connectivity index (χ0n) is 13.3. The Kier molecular flexibility index (Phi) is 3.67. The van der Waals surface area contributed by atoms with Crippen LogP contribution in [0.2, 0.25) is 0 Å². The second kappa shape index (κ2) is 6.12. The molecule has 0 aliphatic carbocycles. The van der Waals surface area contributed by atoms with Crippen LogP contribution in [0.1, 0.15) is 17.0 Å². The van der Waals surface area contributed by atoms with Gasteiger partial charge in [-0.2, -0.15) is 0 Å². The van der Waals surface area contributed by atoms with Crippen molar-refractivity contribution in [3.63, 3.8) is 0 Å². The number of nitrogens with one attached hydrogen (secondary N) is 2. The van der Waals surface area contributed by atoms with Crippen molar-refractivity contribution in [2.24, 2.45) is 0 Å². The molecule has 0 bridgehead atoms. The van der Waals surface area contributed by atoms with Crippen molar-refractivity contribution in [1.82, 2.24) is 19.9 Å². The fourth-order valence-corrected chi connectivity index (χ4v) is 2.76. The third-order valence-corrected chi connectivity index (χ3v) is 3.91. The number of fused-ring (bicyclic) bond motifs is 1. The van der Waals surface area contributed by atoms with Crippen LogP contribution in [0.5, 0.6) is 0 Å². The molecule has 0 atom stereocenters. The summed E-state index contributed by atoms with van der Waals surface area (Å²) in [7, 11) is 0. The van der Waals surface area contributed by atoms with Crippen LogP contribution in [0.3, 0.4) is 0 Å². The van der Waals surface area contributed by atoms with Crippen molar-refractivity contribution in [2.45, 2.75) is 13.3 Å². The average molecular weight is 315 g/mol. The van der Waals surface area contributed by atoms with Gasteiger partial charge in [-0.05, 0) is 42.3 Å². The predicted octanol–water partition coefficient (Wildman–Crippen LogP) is 4.00. The number of hydrogen-bond acceptors (Lipinski definition) is 4. The van der Waals surface area contributed by atoms with Crippen LogP contribution in [-0.4, -0.2) is 19.9 Å². The van der Waals surface area contributed by atoms with Crippen molar-refractivity contribution in [3.8, 4) is 0 Å². The number of aryl methyl sites for hydroxylation is 1. The molecule has 2 heterocycles. The van der Waals surface area contributed by atoms with Gasteiger partial charge in [0.1, 0.15) is 18.0 Å².